The molecule has 3 aromatic rings. The fourth-order valence-corrected chi connectivity index (χ4v) is 4.61. The van der Waals surface area contributed by atoms with Gasteiger partial charge in [-0.15, -0.1) is 0 Å². The summed E-state index contributed by atoms with van der Waals surface area (Å²) in [5.74, 6) is -4.31. The number of rotatable bonds is 8. The molecular formula is C28H31F3N6O6. The van der Waals surface area contributed by atoms with Crippen molar-refractivity contribution in [2.45, 2.75) is 56.4 Å². The van der Waals surface area contributed by atoms with Crippen LogP contribution in [0, 0.1) is 0 Å². The lowest BCUT2D eigenvalue weighted by Gasteiger charge is -2.28. The number of aliphatic imine (C=N–C) groups is 1. The molecule has 1 aliphatic carbocycles. The van der Waals surface area contributed by atoms with Crippen molar-refractivity contribution in [3.8, 4) is 0 Å². The average molecular weight is 605 g/mol. The van der Waals surface area contributed by atoms with Crippen molar-refractivity contribution >= 4 is 35.0 Å². The lowest BCUT2D eigenvalue weighted by atomic mass is 9.91. The molecule has 230 valence electrons. The smallest absolute Gasteiger partial charge is 0.481 e. The van der Waals surface area contributed by atoms with E-state index in [9.17, 15) is 32.7 Å². The van der Waals surface area contributed by atoms with Crippen LogP contribution in [0.3, 0.4) is 0 Å². The van der Waals surface area contributed by atoms with Crippen LogP contribution in [0.5, 0.6) is 0 Å². The molecule has 12 nitrogen and oxygen atoms in total. The van der Waals surface area contributed by atoms with Crippen LogP contribution in [0.25, 0.3) is 5.52 Å². The molecule has 1 unspecified atom stereocenters. The van der Waals surface area contributed by atoms with Gasteiger partial charge in [0, 0.05) is 17.9 Å². The zero-order valence-corrected chi connectivity index (χ0v) is 22.8. The van der Waals surface area contributed by atoms with E-state index in [-0.39, 0.29) is 30.0 Å². The molecule has 1 aliphatic rings. The van der Waals surface area contributed by atoms with Crippen molar-refractivity contribution in [2.75, 3.05) is 5.32 Å². The van der Waals surface area contributed by atoms with Gasteiger partial charge in [-0.3, -0.25) is 23.8 Å². The summed E-state index contributed by atoms with van der Waals surface area (Å²) < 4.78 is 33.1. The van der Waals surface area contributed by atoms with Gasteiger partial charge in [0.25, 0.3) is 11.5 Å². The highest BCUT2D eigenvalue weighted by atomic mass is 19.4. The molecule has 0 bridgehead atoms. The number of nitrogens with zero attached hydrogens (tertiary/aromatic N) is 2. The van der Waals surface area contributed by atoms with Crippen LogP contribution in [-0.4, -0.2) is 56.7 Å². The summed E-state index contributed by atoms with van der Waals surface area (Å²) in [4.78, 5) is 50.5. The topological polar surface area (TPSA) is 202 Å². The SMILES string of the molecule is NC(N)=NC1CCC(Nc2ccn3c(=O)c(C(=O)NC(CC(=O)O)c4ccccc4)ccc3c2)CC1.O=C(O)C(F)(F)F. The molecule has 1 fully saturated rings. The number of hydrogen-bond acceptors (Lipinski definition) is 6. The van der Waals surface area contributed by atoms with Crippen LogP contribution >= 0.6 is 0 Å². The minimum atomic E-state index is -5.08. The molecule has 43 heavy (non-hydrogen) atoms. The predicted octanol–water partition coefficient (Wildman–Crippen LogP) is 2.88. The summed E-state index contributed by atoms with van der Waals surface area (Å²) in [6, 6.07) is 15.3. The first-order chi connectivity index (χ1) is 20.2. The Bertz CT molecular complexity index is 1530. The first-order valence-electron chi connectivity index (χ1n) is 13.1. The largest absolute Gasteiger partial charge is 0.490 e. The Morgan fingerprint density at radius 3 is 2.19 bits per heavy atom. The highest BCUT2D eigenvalue weighted by Crippen LogP contribution is 2.25. The minimum absolute atomic E-state index is 0.0578. The molecule has 2 heterocycles. The number of nitrogens with one attached hydrogen (secondary N) is 2. The second-order valence-corrected chi connectivity index (χ2v) is 9.80. The maximum absolute atomic E-state index is 13.1. The van der Waals surface area contributed by atoms with Gasteiger partial charge in [0.2, 0.25) is 0 Å². The maximum Gasteiger partial charge on any atom is 0.490 e. The van der Waals surface area contributed by atoms with Gasteiger partial charge in [-0.05, 0) is 55.5 Å². The lowest BCUT2D eigenvalue weighted by Crippen LogP contribution is -2.34. The molecule has 15 heteroatoms. The number of fused-ring (bicyclic) bond motifs is 1. The summed E-state index contributed by atoms with van der Waals surface area (Å²) in [6.45, 7) is 0. The number of carboxylic acid groups (broad SMARTS) is 2. The Morgan fingerprint density at radius 1 is 1.00 bits per heavy atom. The van der Waals surface area contributed by atoms with Crippen molar-refractivity contribution in [3.63, 3.8) is 0 Å². The second-order valence-electron chi connectivity index (χ2n) is 9.80. The third-order valence-corrected chi connectivity index (χ3v) is 6.63. The fourth-order valence-electron chi connectivity index (χ4n) is 4.61. The van der Waals surface area contributed by atoms with Crippen molar-refractivity contribution in [3.05, 3.63) is 82.3 Å². The van der Waals surface area contributed by atoms with Crippen molar-refractivity contribution < 1.29 is 37.8 Å². The van der Waals surface area contributed by atoms with E-state index in [1.54, 1.807) is 48.7 Å². The zero-order valence-electron chi connectivity index (χ0n) is 22.8. The van der Waals surface area contributed by atoms with E-state index in [0.29, 0.717) is 11.1 Å². The van der Waals surface area contributed by atoms with E-state index in [2.05, 4.69) is 15.6 Å². The van der Waals surface area contributed by atoms with E-state index < -0.39 is 35.6 Å². The number of carboxylic acids is 2. The van der Waals surface area contributed by atoms with E-state index in [4.69, 9.17) is 21.4 Å². The number of carbonyl (C=O) groups excluding carboxylic acids is 1. The molecule has 4 rings (SSSR count). The zero-order chi connectivity index (χ0) is 31.7. The van der Waals surface area contributed by atoms with Crippen LogP contribution in [0.4, 0.5) is 18.9 Å². The van der Waals surface area contributed by atoms with Crippen LogP contribution < -0.4 is 27.7 Å². The summed E-state index contributed by atoms with van der Waals surface area (Å²) in [5.41, 5.74) is 12.6. The fraction of sp³-hybridized carbons (Fsp3) is 0.321. The Labute approximate surface area is 243 Å². The van der Waals surface area contributed by atoms with Gasteiger partial charge < -0.3 is 32.3 Å². The van der Waals surface area contributed by atoms with Gasteiger partial charge in [0.15, 0.2) is 5.96 Å². The van der Waals surface area contributed by atoms with Crippen molar-refractivity contribution in [1.29, 1.82) is 0 Å². The Kier molecular flexibility index (Phi) is 10.7. The number of alkyl halides is 3. The third kappa shape index (κ3) is 9.48. The van der Waals surface area contributed by atoms with E-state index >= 15 is 0 Å². The number of carbonyl (C=O) groups is 3. The van der Waals surface area contributed by atoms with Crippen LogP contribution in [0.1, 0.15) is 54.1 Å². The Balaban J connectivity index is 0.000000646. The number of aromatic nitrogens is 1. The predicted molar refractivity (Wildman–Crippen MR) is 152 cm³/mol. The molecule has 1 aromatic carbocycles. The van der Waals surface area contributed by atoms with Gasteiger partial charge in [0.1, 0.15) is 5.56 Å². The highest BCUT2D eigenvalue weighted by molar-refractivity contribution is 5.94. The van der Waals surface area contributed by atoms with Gasteiger partial charge in [-0.1, -0.05) is 30.3 Å². The van der Waals surface area contributed by atoms with Crippen molar-refractivity contribution in [2.24, 2.45) is 16.5 Å². The highest BCUT2D eigenvalue weighted by Gasteiger charge is 2.38. The lowest BCUT2D eigenvalue weighted by molar-refractivity contribution is -0.192. The Hall–Kier alpha value is -5.08. The standard InChI is InChI=1S/C26H30N6O4.C2HF3O2/c27-26(28)30-18-8-6-17(7-9-18)29-19-12-13-32-20(14-19)10-11-21(25(32)36)24(35)31-22(15-23(33)34)16-4-2-1-3-5-16;3-2(4,5)1(6)7/h1-5,10-14,17-18,22,29H,6-9,15H2,(H,31,35)(H,33,34)(H4,27,28,30);(H,6,7). The molecule has 1 saturated carbocycles. The number of amides is 1. The number of halogens is 3. The minimum Gasteiger partial charge on any atom is -0.481 e. The number of guanidine groups is 1. The summed E-state index contributed by atoms with van der Waals surface area (Å²) in [6.07, 6.45) is -0.101. The first-order valence-corrected chi connectivity index (χ1v) is 13.1. The van der Waals surface area contributed by atoms with Gasteiger partial charge in [0.05, 0.1) is 24.0 Å². The summed E-state index contributed by atoms with van der Waals surface area (Å²) in [7, 11) is 0. The number of nitrogens with two attached hydrogens (primary N) is 2. The molecule has 0 spiro atoms. The van der Waals surface area contributed by atoms with Crippen molar-refractivity contribution in [1.82, 2.24) is 9.72 Å². The van der Waals surface area contributed by atoms with Crippen LogP contribution in [-0.2, 0) is 9.59 Å². The normalized spacial score (nSPS) is 17.1. The molecule has 2 aromatic heterocycles. The van der Waals surface area contributed by atoms with Crippen LogP contribution in [0.15, 0.2) is 70.6 Å². The van der Waals surface area contributed by atoms with Gasteiger partial charge in [-0.25, -0.2) is 4.79 Å². The number of aliphatic carboxylic acids is 2. The monoisotopic (exact) mass is 604 g/mol. The average Bonchev–Trinajstić information content (AvgIpc) is 2.93. The number of pyridine rings is 2. The molecular weight excluding hydrogens is 573 g/mol. The van der Waals surface area contributed by atoms with E-state index in [0.717, 1.165) is 31.4 Å². The number of benzene rings is 1. The third-order valence-electron chi connectivity index (χ3n) is 6.63. The van der Waals surface area contributed by atoms with E-state index in [1.807, 2.05) is 6.07 Å². The molecule has 0 saturated heterocycles. The summed E-state index contributed by atoms with van der Waals surface area (Å²) in [5, 5.41) is 22.6. The number of hydrogen-bond donors (Lipinski definition) is 6. The molecule has 1 amide bonds. The Morgan fingerprint density at radius 2 is 1.63 bits per heavy atom. The second kappa shape index (κ2) is 14.2. The van der Waals surface area contributed by atoms with Gasteiger partial charge >= 0.3 is 18.1 Å². The van der Waals surface area contributed by atoms with E-state index in [1.165, 1.54) is 10.5 Å². The molecule has 0 aliphatic heterocycles. The maximum atomic E-state index is 13.1. The number of anilines is 1. The molecule has 8 N–H and O–H groups in total. The van der Waals surface area contributed by atoms with Gasteiger partial charge in [-0.2, -0.15) is 13.2 Å². The first kappa shape index (κ1) is 32.4. The van der Waals surface area contributed by atoms with Crippen LogP contribution in [0.2, 0.25) is 0 Å². The molecule has 1 atom stereocenters. The summed E-state index contributed by atoms with van der Waals surface area (Å²) >= 11 is 0. The molecule has 0 radical (unpaired) electrons. The quantitative estimate of drug-likeness (QED) is 0.165.